The summed E-state index contributed by atoms with van der Waals surface area (Å²) < 4.78 is 31.9. The van der Waals surface area contributed by atoms with Crippen LogP contribution in [0, 0.1) is 11.6 Å². The van der Waals surface area contributed by atoms with Crippen molar-refractivity contribution in [2.24, 2.45) is 5.73 Å². The number of rotatable bonds is 4. The van der Waals surface area contributed by atoms with Gasteiger partial charge in [-0.25, -0.2) is 8.78 Å². The maximum absolute atomic E-state index is 13.5. The molecular formula is C11H15F2NO. The molecule has 0 saturated heterocycles. The van der Waals surface area contributed by atoms with Crippen LogP contribution in [-0.4, -0.2) is 13.7 Å². The van der Waals surface area contributed by atoms with Crippen molar-refractivity contribution >= 4 is 0 Å². The highest BCUT2D eigenvalue weighted by Gasteiger charge is 2.31. The van der Waals surface area contributed by atoms with E-state index in [1.165, 1.54) is 25.3 Å². The zero-order valence-electron chi connectivity index (χ0n) is 8.89. The second-order valence-corrected chi connectivity index (χ2v) is 3.54. The van der Waals surface area contributed by atoms with E-state index in [-0.39, 0.29) is 12.2 Å². The SMILES string of the molecule is CCC(N)(COC)c1c(F)cccc1F. The molecule has 84 valence electrons. The Morgan fingerprint density at radius 1 is 1.33 bits per heavy atom. The first-order chi connectivity index (χ1) is 7.05. The molecular weight excluding hydrogens is 200 g/mol. The van der Waals surface area contributed by atoms with Gasteiger partial charge in [0.2, 0.25) is 0 Å². The number of nitrogens with two attached hydrogens (primary N) is 1. The molecule has 2 nitrogen and oxygen atoms in total. The summed E-state index contributed by atoms with van der Waals surface area (Å²) in [5.74, 6) is -1.26. The average Bonchev–Trinajstić information content (AvgIpc) is 2.18. The van der Waals surface area contributed by atoms with Gasteiger partial charge >= 0.3 is 0 Å². The molecule has 0 fully saturated rings. The number of methoxy groups -OCH3 is 1. The van der Waals surface area contributed by atoms with Gasteiger partial charge < -0.3 is 10.5 Å². The van der Waals surface area contributed by atoms with Crippen LogP contribution in [0.1, 0.15) is 18.9 Å². The number of hydrogen-bond acceptors (Lipinski definition) is 2. The van der Waals surface area contributed by atoms with Crippen molar-refractivity contribution in [1.29, 1.82) is 0 Å². The molecule has 0 aliphatic heterocycles. The number of hydrogen-bond donors (Lipinski definition) is 1. The Labute approximate surface area is 88.0 Å². The molecule has 0 aromatic heterocycles. The molecule has 1 aromatic carbocycles. The summed E-state index contributed by atoms with van der Waals surface area (Å²) in [6.07, 6.45) is 0.401. The molecule has 2 N–H and O–H groups in total. The second kappa shape index (κ2) is 4.68. The number of ether oxygens (including phenoxy) is 1. The molecule has 4 heteroatoms. The van der Waals surface area contributed by atoms with Crippen molar-refractivity contribution in [3.05, 3.63) is 35.4 Å². The fraction of sp³-hybridized carbons (Fsp3) is 0.455. The van der Waals surface area contributed by atoms with Gasteiger partial charge in [-0.15, -0.1) is 0 Å². The molecule has 0 bridgehead atoms. The summed E-state index contributed by atoms with van der Waals surface area (Å²) in [6.45, 7) is 1.85. The quantitative estimate of drug-likeness (QED) is 0.835. The minimum Gasteiger partial charge on any atom is -0.382 e. The number of halogens is 2. The maximum Gasteiger partial charge on any atom is 0.131 e. The monoisotopic (exact) mass is 215 g/mol. The van der Waals surface area contributed by atoms with Crippen LogP contribution in [0.4, 0.5) is 8.78 Å². The van der Waals surface area contributed by atoms with E-state index in [9.17, 15) is 8.78 Å². The van der Waals surface area contributed by atoms with Gasteiger partial charge in [-0.1, -0.05) is 13.0 Å². The molecule has 0 saturated carbocycles. The fourth-order valence-corrected chi connectivity index (χ4v) is 1.58. The third kappa shape index (κ3) is 2.33. The van der Waals surface area contributed by atoms with Crippen LogP contribution < -0.4 is 5.73 Å². The van der Waals surface area contributed by atoms with E-state index in [2.05, 4.69) is 0 Å². The first-order valence-corrected chi connectivity index (χ1v) is 4.77. The molecule has 0 aliphatic rings. The average molecular weight is 215 g/mol. The standard InChI is InChI=1S/C11H15F2NO/c1-3-11(14,7-15-2)10-8(12)5-4-6-9(10)13/h4-6H,3,7,14H2,1-2H3. The van der Waals surface area contributed by atoms with Gasteiger partial charge in [0.25, 0.3) is 0 Å². The molecule has 0 spiro atoms. The molecule has 1 atom stereocenters. The van der Waals surface area contributed by atoms with Crippen LogP contribution >= 0.6 is 0 Å². The van der Waals surface area contributed by atoms with Crippen molar-refractivity contribution in [2.45, 2.75) is 18.9 Å². The van der Waals surface area contributed by atoms with E-state index in [1.807, 2.05) is 0 Å². The smallest absolute Gasteiger partial charge is 0.131 e. The van der Waals surface area contributed by atoms with Crippen molar-refractivity contribution in [1.82, 2.24) is 0 Å². The lowest BCUT2D eigenvalue weighted by Gasteiger charge is -2.28. The maximum atomic E-state index is 13.5. The first kappa shape index (κ1) is 12.1. The summed E-state index contributed by atoms with van der Waals surface area (Å²) >= 11 is 0. The van der Waals surface area contributed by atoms with Gasteiger partial charge in [0.1, 0.15) is 11.6 Å². The Balaban J connectivity index is 3.22. The van der Waals surface area contributed by atoms with Gasteiger partial charge in [-0.2, -0.15) is 0 Å². The Bertz CT molecular complexity index is 323. The van der Waals surface area contributed by atoms with Gasteiger partial charge in [-0.05, 0) is 18.6 Å². The fourth-order valence-electron chi connectivity index (χ4n) is 1.58. The van der Waals surface area contributed by atoms with E-state index in [1.54, 1.807) is 6.92 Å². The van der Waals surface area contributed by atoms with E-state index >= 15 is 0 Å². The van der Waals surface area contributed by atoms with Crippen molar-refractivity contribution in [3.63, 3.8) is 0 Å². The van der Waals surface area contributed by atoms with Gasteiger partial charge in [0, 0.05) is 12.7 Å². The highest BCUT2D eigenvalue weighted by Crippen LogP contribution is 2.27. The van der Waals surface area contributed by atoms with Crippen molar-refractivity contribution in [3.8, 4) is 0 Å². The molecule has 0 aliphatic carbocycles. The minimum atomic E-state index is -1.11. The third-order valence-electron chi connectivity index (χ3n) is 2.49. The highest BCUT2D eigenvalue weighted by molar-refractivity contribution is 5.27. The van der Waals surface area contributed by atoms with Crippen LogP contribution in [0.15, 0.2) is 18.2 Å². The minimum absolute atomic E-state index is 0.0847. The van der Waals surface area contributed by atoms with E-state index < -0.39 is 17.2 Å². The Kier molecular flexibility index (Phi) is 3.77. The lowest BCUT2D eigenvalue weighted by Crippen LogP contribution is -2.42. The van der Waals surface area contributed by atoms with E-state index in [0.717, 1.165) is 0 Å². The summed E-state index contributed by atoms with van der Waals surface area (Å²) in [5, 5.41) is 0. The van der Waals surface area contributed by atoms with Crippen LogP contribution in [0.25, 0.3) is 0 Å². The Morgan fingerprint density at radius 2 is 1.87 bits per heavy atom. The summed E-state index contributed by atoms with van der Waals surface area (Å²) in [7, 11) is 1.45. The molecule has 0 heterocycles. The largest absolute Gasteiger partial charge is 0.382 e. The molecule has 1 unspecified atom stereocenters. The van der Waals surface area contributed by atoms with Crippen LogP contribution in [-0.2, 0) is 10.3 Å². The van der Waals surface area contributed by atoms with E-state index in [0.29, 0.717) is 6.42 Å². The van der Waals surface area contributed by atoms with Crippen molar-refractivity contribution < 1.29 is 13.5 Å². The summed E-state index contributed by atoms with van der Waals surface area (Å²) in [5.41, 5.74) is 4.72. The van der Waals surface area contributed by atoms with E-state index in [4.69, 9.17) is 10.5 Å². The molecule has 0 amide bonds. The molecule has 0 radical (unpaired) electrons. The summed E-state index contributed by atoms with van der Waals surface area (Å²) in [6, 6.07) is 3.72. The van der Waals surface area contributed by atoms with Crippen LogP contribution in [0.3, 0.4) is 0 Å². The van der Waals surface area contributed by atoms with Crippen LogP contribution in [0.2, 0.25) is 0 Å². The lowest BCUT2D eigenvalue weighted by atomic mass is 9.88. The second-order valence-electron chi connectivity index (χ2n) is 3.54. The normalized spacial score (nSPS) is 15.0. The topological polar surface area (TPSA) is 35.2 Å². The number of benzene rings is 1. The Morgan fingerprint density at radius 3 is 2.27 bits per heavy atom. The first-order valence-electron chi connectivity index (χ1n) is 4.77. The zero-order chi connectivity index (χ0) is 11.5. The van der Waals surface area contributed by atoms with Crippen LogP contribution in [0.5, 0.6) is 0 Å². The third-order valence-corrected chi connectivity index (χ3v) is 2.49. The molecule has 15 heavy (non-hydrogen) atoms. The molecule has 1 rings (SSSR count). The predicted octanol–water partition coefficient (Wildman–Crippen LogP) is 2.18. The van der Waals surface area contributed by atoms with Gasteiger partial charge in [0.05, 0.1) is 12.1 Å². The Hall–Kier alpha value is -1.00. The highest BCUT2D eigenvalue weighted by atomic mass is 19.1. The van der Waals surface area contributed by atoms with Gasteiger partial charge in [-0.3, -0.25) is 0 Å². The zero-order valence-corrected chi connectivity index (χ0v) is 8.89. The van der Waals surface area contributed by atoms with Gasteiger partial charge in [0.15, 0.2) is 0 Å². The lowest BCUT2D eigenvalue weighted by molar-refractivity contribution is 0.124. The predicted molar refractivity (Wildman–Crippen MR) is 54.4 cm³/mol. The summed E-state index contributed by atoms with van der Waals surface area (Å²) in [4.78, 5) is 0. The van der Waals surface area contributed by atoms with Crippen molar-refractivity contribution in [2.75, 3.05) is 13.7 Å². The molecule has 1 aromatic rings.